The summed E-state index contributed by atoms with van der Waals surface area (Å²) in [5, 5.41) is 7.73. The molecule has 0 bridgehead atoms. The predicted molar refractivity (Wildman–Crippen MR) is 159 cm³/mol. The molecule has 0 heterocycles. The van der Waals surface area contributed by atoms with Crippen molar-refractivity contribution in [3.8, 4) is 0 Å². The molecule has 39 heavy (non-hydrogen) atoms. The number of rotatable bonds is 9. The zero-order chi connectivity index (χ0) is 28.2. The molecule has 1 saturated carbocycles. The van der Waals surface area contributed by atoms with Crippen molar-refractivity contribution >= 4 is 53.1 Å². The molecular formula is C31H35N3O4S. The molecule has 2 unspecified atom stereocenters. The van der Waals surface area contributed by atoms with Crippen LogP contribution in [-0.2, 0) is 14.3 Å². The van der Waals surface area contributed by atoms with E-state index in [0.717, 1.165) is 29.2 Å². The third-order valence-electron chi connectivity index (χ3n) is 6.37. The molecule has 4 rings (SSSR count). The molecule has 0 saturated heterocycles. The molecule has 0 radical (unpaired) electrons. The zero-order valence-electron chi connectivity index (χ0n) is 22.5. The van der Waals surface area contributed by atoms with Crippen molar-refractivity contribution in [2.24, 2.45) is 0 Å². The predicted octanol–water partition coefficient (Wildman–Crippen LogP) is 5.98. The fourth-order valence-corrected chi connectivity index (χ4v) is 4.71. The number of nitrogens with zero attached hydrogens (tertiary/aromatic N) is 1. The largest absolute Gasteiger partial charge is 0.444 e. The van der Waals surface area contributed by atoms with E-state index < -0.39 is 23.8 Å². The highest BCUT2D eigenvalue weighted by Crippen LogP contribution is 2.36. The van der Waals surface area contributed by atoms with Crippen molar-refractivity contribution in [1.82, 2.24) is 10.2 Å². The summed E-state index contributed by atoms with van der Waals surface area (Å²) in [5.74, 6) is -0.685. The Kier molecular flexibility index (Phi) is 8.65. The maximum atomic E-state index is 14.0. The van der Waals surface area contributed by atoms with Crippen LogP contribution in [0.3, 0.4) is 0 Å². The summed E-state index contributed by atoms with van der Waals surface area (Å²) in [6.07, 6.45) is 2.51. The maximum Gasteiger partial charge on any atom is 0.408 e. The topological polar surface area (TPSA) is 87.7 Å². The Morgan fingerprint density at radius 2 is 1.77 bits per heavy atom. The molecule has 8 heteroatoms. The van der Waals surface area contributed by atoms with Gasteiger partial charge < -0.3 is 20.3 Å². The third kappa shape index (κ3) is 7.20. The molecule has 0 spiro atoms. The average Bonchev–Trinajstić information content (AvgIpc) is 3.74. The normalized spacial score (nSPS) is 14.7. The van der Waals surface area contributed by atoms with Crippen molar-refractivity contribution in [3.63, 3.8) is 0 Å². The van der Waals surface area contributed by atoms with Crippen molar-refractivity contribution in [2.45, 2.75) is 57.3 Å². The number of hydrogen-bond acceptors (Lipinski definition) is 5. The van der Waals surface area contributed by atoms with Crippen LogP contribution >= 0.6 is 12.6 Å². The second-order valence-corrected chi connectivity index (χ2v) is 11.1. The van der Waals surface area contributed by atoms with Crippen LogP contribution in [0.5, 0.6) is 0 Å². The van der Waals surface area contributed by atoms with Gasteiger partial charge in [-0.3, -0.25) is 9.59 Å². The number of alkyl carbamates (subject to hydrolysis) is 1. The fourth-order valence-electron chi connectivity index (χ4n) is 4.46. The first-order valence-corrected chi connectivity index (χ1v) is 13.7. The second-order valence-electron chi connectivity index (χ2n) is 10.7. The Morgan fingerprint density at radius 3 is 2.41 bits per heavy atom. The van der Waals surface area contributed by atoms with Crippen LogP contribution in [0.1, 0.15) is 50.8 Å². The first kappa shape index (κ1) is 28.2. The van der Waals surface area contributed by atoms with Gasteiger partial charge in [-0.25, -0.2) is 4.79 Å². The SMILES string of the molecule is C=Cc1cccc(C(C(=O)Nc2ccc3ccccc3c2)N(C(=O)C(CS)NC(=O)OC(C)(C)C)C2CC2)c1. The quantitative estimate of drug-likeness (QED) is 0.289. The van der Waals surface area contributed by atoms with Crippen LogP contribution in [0.2, 0.25) is 0 Å². The molecule has 3 amide bonds. The van der Waals surface area contributed by atoms with Crippen LogP contribution in [0.4, 0.5) is 10.5 Å². The summed E-state index contributed by atoms with van der Waals surface area (Å²) in [6, 6.07) is 19.0. The lowest BCUT2D eigenvalue weighted by Gasteiger charge is -2.34. The second kappa shape index (κ2) is 11.9. The lowest BCUT2D eigenvalue weighted by atomic mass is 10.00. The van der Waals surface area contributed by atoms with Crippen molar-refractivity contribution in [3.05, 3.63) is 84.4 Å². The van der Waals surface area contributed by atoms with Gasteiger partial charge in [-0.15, -0.1) is 0 Å². The monoisotopic (exact) mass is 545 g/mol. The van der Waals surface area contributed by atoms with E-state index in [1.165, 1.54) is 0 Å². The Morgan fingerprint density at radius 1 is 1.05 bits per heavy atom. The third-order valence-corrected chi connectivity index (χ3v) is 6.74. The van der Waals surface area contributed by atoms with E-state index >= 15 is 0 Å². The molecule has 1 aliphatic carbocycles. The van der Waals surface area contributed by atoms with Crippen LogP contribution < -0.4 is 10.6 Å². The van der Waals surface area contributed by atoms with E-state index in [9.17, 15) is 14.4 Å². The van der Waals surface area contributed by atoms with E-state index in [1.807, 2.05) is 66.7 Å². The molecular weight excluding hydrogens is 510 g/mol. The van der Waals surface area contributed by atoms with Gasteiger partial charge >= 0.3 is 6.09 Å². The van der Waals surface area contributed by atoms with Gasteiger partial charge in [-0.05, 0) is 73.7 Å². The van der Waals surface area contributed by atoms with Crippen molar-refractivity contribution in [1.29, 1.82) is 0 Å². The zero-order valence-corrected chi connectivity index (χ0v) is 23.4. The van der Waals surface area contributed by atoms with E-state index in [-0.39, 0.29) is 23.6 Å². The first-order valence-electron chi connectivity index (χ1n) is 13.0. The number of amides is 3. The average molecular weight is 546 g/mol. The van der Waals surface area contributed by atoms with Gasteiger partial charge in [0.2, 0.25) is 5.91 Å². The molecule has 1 fully saturated rings. The standard InChI is InChI=1S/C31H35N3O4S/c1-5-20-9-8-12-23(17-20)27(28(35)32-24-14-13-21-10-6-7-11-22(21)18-24)34(25-15-16-25)29(36)26(19-39)33-30(37)38-31(2,3)4/h5-14,17-18,25-27,39H,1,15-16,19H2,2-4H3,(H,32,35)(H,33,37). The highest BCUT2D eigenvalue weighted by Gasteiger charge is 2.44. The number of benzene rings is 3. The van der Waals surface area contributed by atoms with Gasteiger partial charge in [0, 0.05) is 17.5 Å². The summed E-state index contributed by atoms with van der Waals surface area (Å²) in [5.41, 5.74) is 1.39. The Balaban J connectivity index is 1.68. The summed E-state index contributed by atoms with van der Waals surface area (Å²) in [7, 11) is 0. The molecule has 1 aliphatic rings. The lowest BCUT2D eigenvalue weighted by molar-refractivity contribution is -0.141. The molecule has 0 aliphatic heterocycles. The van der Waals surface area contributed by atoms with Crippen molar-refractivity contribution < 1.29 is 19.1 Å². The smallest absolute Gasteiger partial charge is 0.408 e. The number of thiol groups is 1. The Labute approximate surface area is 235 Å². The van der Waals surface area contributed by atoms with Crippen LogP contribution in [-0.4, -0.2) is 46.2 Å². The van der Waals surface area contributed by atoms with Crippen LogP contribution in [0.15, 0.2) is 73.3 Å². The molecule has 0 aromatic heterocycles. The van der Waals surface area contributed by atoms with Crippen LogP contribution in [0, 0.1) is 0 Å². The molecule has 3 aromatic rings. The Hall–Kier alpha value is -3.78. The summed E-state index contributed by atoms with van der Waals surface area (Å²) < 4.78 is 5.37. The molecule has 3 aromatic carbocycles. The van der Waals surface area contributed by atoms with Gasteiger partial charge in [-0.1, -0.05) is 61.2 Å². The molecule has 204 valence electrons. The van der Waals surface area contributed by atoms with Crippen molar-refractivity contribution in [2.75, 3.05) is 11.1 Å². The van der Waals surface area contributed by atoms with Gasteiger partial charge in [0.15, 0.2) is 0 Å². The van der Waals surface area contributed by atoms with Gasteiger partial charge in [0.1, 0.15) is 17.7 Å². The van der Waals surface area contributed by atoms with E-state index in [2.05, 4.69) is 29.8 Å². The summed E-state index contributed by atoms with van der Waals surface area (Å²) in [6.45, 7) is 9.10. The number of hydrogen-bond donors (Lipinski definition) is 3. The number of nitrogens with one attached hydrogen (secondary N) is 2. The highest BCUT2D eigenvalue weighted by atomic mass is 32.1. The summed E-state index contributed by atoms with van der Waals surface area (Å²) in [4.78, 5) is 42.1. The molecule has 2 atom stereocenters. The minimum absolute atomic E-state index is 0.0486. The van der Waals surface area contributed by atoms with Gasteiger partial charge in [-0.2, -0.15) is 12.6 Å². The molecule has 2 N–H and O–H groups in total. The molecule has 7 nitrogen and oxygen atoms in total. The van der Waals surface area contributed by atoms with Gasteiger partial charge in [0.05, 0.1) is 0 Å². The Bertz CT molecular complexity index is 1380. The van der Waals surface area contributed by atoms with E-state index in [4.69, 9.17) is 4.74 Å². The first-order chi connectivity index (χ1) is 18.6. The lowest BCUT2D eigenvalue weighted by Crippen LogP contribution is -2.54. The number of carbonyl (C=O) groups is 3. The fraction of sp³-hybridized carbons (Fsp3) is 0.323. The number of ether oxygens (including phenoxy) is 1. The van der Waals surface area contributed by atoms with Crippen LogP contribution in [0.25, 0.3) is 16.8 Å². The highest BCUT2D eigenvalue weighted by molar-refractivity contribution is 7.80. The van der Waals surface area contributed by atoms with E-state index in [0.29, 0.717) is 11.3 Å². The maximum absolute atomic E-state index is 14.0. The summed E-state index contributed by atoms with van der Waals surface area (Å²) >= 11 is 4.35. The number of fused-ring (bicyclic) bond motifs is 1. The minimum Gasteiger partial charge on any atom is -0.444 e. The van der Waals surface area contributed by atoms with Gasteiger partial charge in [0.25, 0.3) is 5.91 Å². The number of anilines is 1. The minimum atomic E-state index is -0.970. The van der Waals surface area contributed by atoms with E-state index in [1.54, 1.807) is 31.7 Å². The number of carbonyl (C=O) groups excluding carboxylic acids is 3.